The van der Waals surface area contributed by atoms with Crippen LogP contribution >= 0.6 is 11.3 Å². The van der Waals surface area contributed by atoms with Gasteiger partial charge in [0, 0.05) is 0 Å². The minimum atomic E-state index is -0.612. The molecule has 0 fully saturated rings. The summed E-state index contributed by atoms with van der Waals surface area (Å²) >= 11 is 0.970. The molecule has 0 bridgehead atoms. The molecule has 3 aromatic rings. The van der Waals surface area contributed by atoms with Gasteiger partial charge < -0.3 is 11.1 Å². The molecule has 0 aliphatic carbocycles. The second-order valence-electron chi connectivity index (χ2n) is 4.61. The van der Waals surface area contributed by atoms with Gasteiger partial charge in [-0.05, 0) is 12.1 Å². The Hall–Kier alpha value is -3.07. The molecule has 0 radical (unpaired) electrons. The first-order valence-corrected chi connectivity index (χ1v) is 7.36. The smallest absolute Gasteiger partial charge is 0.269 e. The lowest BCUT2D eigenvalue weighted by molar-refractivity contribution is -0.116. The van der Waals surface area contributed by atoms with E-state index in [-0.39, 0.29) is 22.1 Å². The van der Waals surface area contributed by atoms with E-state index < -0.39 is 11.8 Å². The van der Waals surface area contributed by atoms with Crippen molar-refractivity contribution in [1.82, 2.24) is 14.5 Å². The molecule has 116 valence electrons. The molecule has 8 nitrogen and oxygen atoms in total. The van der Waals surface area contributed by atoms with Crippen molar-refractivity contribution in [2.45, 2.75) is 6.54 Å². The molecule has 1 aromatic carbocycles. The minimum Gasteiger partial charge on any atom is -0.365 e. The van der Waals surface area contributed by atoms with Crippen LogP contribution in [0, 0.1) is 0 Å². The highest BCUT2D eigenvalue weighted by Gasteiger charge is 2.12. The van der Waals surface area contributed by atoms with Crippen LogP contribution in [0.15, 0.2) is 41.5 Å². The van der Waals surface area contributed by atoms with E-state index in [4.69, 9.17) is 5.73 Å². The number of hydrogen-bond donors (Lipinski definition) is 2. The number of anilines is 1. The van der Waals surface area contributed by atoms with Crippen LogP contribution in [0.25, 0.3) is 11.0 Å². The predicted molar refractivity (Wildman–Crippen MR) is 85.3 cm³/mol. The van der Waals surface area contributed by atoms with E-state index in [0.29, 0.717) is 11.0 Å². The quantitative estimate of drug-likeness (QED) is 0.726. The molecular weight excluding hydrogens is 318 g/mol. The Morgan fingerprint density at radius 1 is 1.22 bits per heavy atom. The third-order valence-corrected chi connectivity index (χ3v) is 3.98. The number of nitrogens with two attached hydrogens (primary N) is 1. The van der Waals surface area contributed by atoms with Gasteiger partial charge in [0.2, 0.25) is 5.91 Å². The maximum absolute atomic E-state index is 12.1. The highest BCUT2D eigenvalue weighted by Crippen LogP contribution is 2.17. The normalized spacial score (nSPS) is 10.6. The standard InChI is InChI=1S/C14H11N5O3S/c15-13(22)10-5-17-14(23-10)18-11(20)7-19-9-4-2-1-3-8(9)16-6-12(19)21/h1-6H,7H2,(H2,15,22)(H,17,18,20). The maximum Gasteiger partial charge on any atom is 0.269 e. The predicted octanol–water partition coefficient (Wildman–Crippen LogP) is 0.591. The Morgan fingerprint density at radius 2 is 2.00 bits per heavy atom. The molecule has 2 amide bonds. The summed E-state index contributed by atoms with van der Waals surface area (Å²) in [6.07, 6.45) is 2.46. The van der Waals surface area contributed by atoms with Crippen molar-refractivity contribution in [2.75, 3.05) is 5.32 Å². The number of primary amides is 1. The monoisotopic (exact) mass is 329 g/mol. The van der Waals surface area contributed by atoms with Gasteiger partial charge in [-0.2, -0.15) is 0 Å². The van der Waals surface area contributed by atoms with E-state index in [1.165, 1.54) is 17.0 Å². The zero-order valence-corrected chi connectivity index (χ0v) is 12.5. The second-order valence-corrected chi connectivity index (χ2v) is 5.64. The van der Waals surface area contributed by atoms with E-state index in [1.54, 1.807) is 24.3 Å². The summed E-state index contributed by atoms with van der Waals surface area (Å²) in [5.41, 5.74) is 5.93. The van der Waals surface area contributed by atoms with Crippen LogP contribution < -0.4 is 16.6 Å². The van der Waals surface area contributed by atoms with Crippen LogP contribution in [0.3, 0.4) is 0 Å². The summed E-state index contributed by atoms with van der Waals surface area (Å²) in [5.74, 6) is -1.05. The number of nitrogens with one attached hydrogen (secondary N) is 1. The Balaban J connectivity index is 1.84. The molecule has 3 N–H and O–H groups in total. The molecule has 0 saturated carbocycles. The summed E-state index contributed by atoms with van der Waals surface area (Å²) in [4.78, 5) is 43.2. The fraction of sp³-hybridized carbons (Fsp3) is 0.0714. The number of carbonyl (C=O) groups is 2. The molecule has 0 aliphatic rings. The molecule has 0 atom stereocenters. The Kier molecular flexibility index (Phi) is 3.85. The van der Waals surface area contributed by atoms with E-state index in [2.05, 4.69) is 15.3 Å². The van der Waals surface area contributed by atoms with Gasteiger partial charge in [-0.15, -0.1) is 0 Å². The largest absolute Gasteiger partial charge is 0.365 e. The lowest BCUT2D eigenvalue weighted by Crippen LogP contribution is -2.27. The fourth-order valence-corrected chi connectivity index (χ4v) is 2.71. The Labute approximate surface area is 133 Å². The summed E-state index contributed by atoms with van der Waals surface area (Å²) < 4.78 is 1.32. The van der Waals surface area contributed by atoms with Crippen LogP contribution in [0.5, 0.6) is 0 Å². The van der Waals surface area contributed by atoms with Gasteiger partial charge in [-0.1, -0.05) is 23.5 Å². The number of benzene rings is 1. The van der Waals surface area contributed by atoms with Gasteiger partial charge in [-0.3, -0.25) is 19.0 Å². The van der Waals surface area contributed by atoms with E-state index in [0.717, 1.165) is 11.3 Å². The summed E-state index contributed by atoms with van der Waals surface area (Å²) in [7, 11) is 0. The summed E-state index contributed by atoms with van der Waals surface area (Å²) in [6.45, 7) is -0.187. The first-order chi connectivity index (χ1) is 11.0. The van der Waals surface area contributed by atoms with Crippen LogP contribution in [0.2, 0.25) is 0 Å². The Bertz CT molecular complexity index is 962. The average molecular weight is 329 g/mol. The number of hydrogen-bond acceptors (Lipinski definition) is 6. The fourth-order valence-electron chi connectivity index (χ4n) is 2.03. The van der Waals surface area contributed by atoms with Gasteiger partial charge in [0.25, 0.3) is 11.5 Å². The zero-order valence-electron chi connectivity index (χ0n) is 11.7. The van der Waals surface area contributed by atoms with Crippen LogP contribution in [0.1, 0.15) is 9.67 Å². The first kappa shape index (κ1) is 14.9. The number of rotatable bonds is 4. The first-order valence-electron chi connectivity index (χ1n) is 6.54. The molecule has 0 saturated heterocycles. The number of amides is 2. The van der Waals surface area contributed by atoms with Crippen LogP contribution in [-0.4, -0.2) is 26.3 Å². The molecule has 3 rings (SSSR count). The highest BCUT2D eigenvalue weighted by molar-refractivity contribution is 7.17. The lowest BCUT2D eigenvalue weighted by Gasteiger charge is -2.08. The van der Waals surface area contributed by atoms with Gasteiger partial charge in [-0.25, -0.2) is 9.97 Å². The molecule has 23 heavy (non-hydrogen) atoms. The van der Waals surface area contributed by atoms with Crippen molar-refractivity contribution in [3.8, 4) is 0 Å². The summed E-state index contributed by atoms with van der Waals surface area (Å²) in [6, 6.07) is 7.03. The topological polar surface area (TPSA) is 120 Å². The highest BCUT2D eigenvalue weighted by atomic mass is 32.1. The van der Waals surface area contributed by atoms with Gasteiger partial charge in [0.1, 0.15) is 11.4 Å². The molecule has 0 aliphatic heterocycles. The van der Waals surface area contributed by atoms with Crippen LogP contribution in [0.4, 0.5) is 5.13 Å². The van der Waals surface area contributed by atoms with Gasteiger partial charge in [0.15, 0.2) is 5.13 Å². The average Bonchev–Trinajstić information content (AvgIpc) is 2.99. The van der Waals surface area contributed by atoms with Crippen molar-refractivity contribution < 1.29 is 9.59 Å². The number of carbonyl (C=O) groups excluding carboxylic acids is 2. The van der Waals surface area contributed by atoms with E-state index >= 15 is 0 Å². The molecule has 2 heterocycles. The van der Waals surface area contributed by atoms with Gasteiger partial charge >= 0.3 is 0 Å². The van der Waals surface area contributed by atoms with Crippen molar-refractivity contribution in [3.05, 3.63) is 51.9 Å². The molecule has 2 aromatic heterocycles. The third kappa shape index (κ3) is 3.09. The van der Waals surface area contributed by atoms with E-state index in [9.17, 15) is 14.4 Å². The lowest BCUT2D eigenvalue weighted by atomic mass is 10.3. The summed E-state index contributed by atoms with van der Waals surface area (Å²) in [5, 5.41) is 2.78. The Morgan fingerprint density at radius 3 is 2.74 bits per heavy atom. The number of thiazole rings is 1. The third-order valence-electron chi connectivity index (χ3n) is 3.05. The molecule has 0 unspecified atom stereocenters. The van der Waals surface area contributed by atoms with Crippen molar-refractivity contribution >= 4 is 39.3 Å². The second kappa shape index (κ2) is 5.97. The number of fused-ring (bicyclic) bond motifs is 1. The number of nitrogens with zero attached hydrogens (tertiary/aromatic N) is 3. The SMILES string of the molecule is NC(=O)c1cnc(NC(=O)Cn2c(=O)cnc3ccccc32)s1. The minimum absolute atomic E-state index is 0.187. The maximum atomic E-state index is 12.1. The zero-order chi connectivity index (χ0) is 16.4. The van der Waals surface area contributed by atoms with Crippen molar-refractivity contribution in [2.24, 2.45) is 5.73 Å². The van der Waals surface area contributed by atoms with Crippen molar-refractivity contribution in [3.63, 3.8) is 0 Å². The molecule has 0 spiro atoms. The van der Waals surface area contributed by atoms with Crippen LogP contribution in [-0.2, 0) is 11.3 Å². The van der Waals surface area contributed by atoms with Crippen molar-refractivity contribution in [1.29, 1.82) is 0 Å². The number of para-hydroxylation sites is 2. The van der Waals surface area contributed by atoms with Gasteiger partial charge in [0.05, 0.1) is 23.4 Å². The molecular formula is C14H11N5O3S. The molecule has 9 heteroatoms. The number of aromatic nitrogens is 3. The van der Waals surface area contributed by atoms with E-state index in [1.807, 2.05) is 0 Å².